The summed E-state index contributed by atoms with van der Waals surface area (Å²) in [6.45, 7) is 0. The predicted octanol–water partition coefficient (Wildman–Crippen LogP) is 13.9. The van der Waals surface area contributed by atoms with E-state index in [-0.39, 0.29) is 0 Å². The van der Waals surface area contributed by atoms with Gasteiger partial charge in [-0.05, 0) is 82.9 Å². The second-order valence-electron chi connectivity index (χ2n) is 14.4. The zero-order chi connectivity index (χ0) is 37.5. The Morgan fingerprint density at radius 3 is 1.49 bits per heavy atom. The van der Waals surface area contributed by atoms with Gasteiger partial charge in [0.2, 0.25) is 0 Å². The smallest absolute Gasteiger partial charge is 0.164 e. The molecule has 4 heterocycles. The molecule has 0 spiro atoms. The summed E-state index contributed by atoms with van der Waals surface area (Å²) in [7, 11) is 0. The lowest BCUT2D eigenvalue weighted by Crippen LogP contribution is -2.00. The van der Waals surface area contributed by atoms with E-state index in [0.29, 0.717) is 17.5 Å². The fourth-order valence-electron chi connectivity index (χ4n) is 8.19. The van der Waals surface area contributed by atoms with Gasteiger partial charge in [0.15, 0.2) is 17.5 Å². The van der Waals surface area contributed by atoms with E-state index >= 15 is 0 Å². The van der Waals surface area contributed by atoms with Gasteiger partial charge in [-0.25, -0.2) is 15.0 Å². The Kier molecular flexibility index (Phi) is 6.83. The third-order valence-corrected chi connectivity index (χ3v) is 10.9. The number of hydrogen-bond acceptors (Lipinski definition) is 6. The summed E-state index contributed by atoms with van der Waals surface area (Å²) in [6, 6.07) is 59.9. The van der Waals surface area contributed by atoms with Crippen molar-refractivity contribution in [1.29, 1.82) is 0 Å². The summed E-state index contributed by atoms with van der Waals surface area (Å²) in [5.41, 5.74) is 11.9. The molecule has 0 unspecified atom stereocenters. The average molecular weight is 732 g/mol. The van der Waals surface area contributed by atoms with Gasteiger partial charge in [0.1, 0.15) is 33.5 Å². The summed E-state index contributed by atoms with van der Waals surface area (Å²) in [6.07, 6.45) is 0. The molecule has 0 saturated carbocycles. The molecule has 0 radical (unpaired) electrons. The molecule has 0 aliphatic rings. The Labute approximate surface area is 325 Å². The number of furan rings is 3. The van der Waals surface area contributed by atoms with Crippen LogP contribution >= 0.6 is 0 Å². The van der Waals surface area contributed by atoms with Crippen LogP contribution in [0.3, 0.4) is 0 Å². The first-order valence-corrected chi connectivity index (χ1v) is 18.9. The molecule has 4 aromatic heterocycles. The second kappa shape index (κ2) is 12.3. The van der Waals surface area contributed by atoms with Crippen molar-refractivity contribution >= 4 is 65.8 Å². The molecule has 0 N–H and O–H groups in total. The molecule has 12 rings (SSSR count). The van der Waals surface area contributed by atoms with E-state index in [9.17, 15) is 0 Å². The van der Waals surface area contributed by atoms with E-state index in [1.54, 1.807) is 0 Å². The lowest BCUT2D eigenvalue weighted by molar-refractivity contribution is 0.668. The zero-order valence-corrected chi connectivity index (χ0v) is 30.3. The molecular weight excluding hydrogens is 703 g/mol. The van der Waals surface area contributed by atoms with Gasteiger partial charge < -0.3 is 13.3 Å². The van der Waals surface area contributed by atoms with E-state index in [1.807, 2.05) is 78.9 Å². The van der Waals surface area contributed by atoms with Crippen LogP contribution in [0.2, 0.25) is 0 Å². The van der Waals surface area contributed by atoms with Gasteiger partial charge >= 0.3 is 0 Å². The Balaban J connectivity index is 1.02. The first-order chi connectivity index (χ1) is 28.2. The van der Waals surface area contributed by atoms with Gasteiger partial charge in [0.25, 0.3) is 0 Å². The first kappa shape index (κ1) is 31.5. The summed E-state index contributed by atoms with van der Waals surface area (Å²) in [4.78, 5) is 15.4. The first-order valence-electron chi connectivity index (χ1n) is 18.9. The Bertz CT molecular complexity index is 3540. The summed E-state index contributed by atoms with van der Waals surface area (Å²) >= 11 is 0. The zero-order valence-electron chi connectivity index (χ0n) is 30.3. The Morgan fingerprint density at radius 2 is 0.737 bits per heavy atom. The van der Waals surface area contributed by atoms with Gasteiger partial charge in [-0.15, -0.1) is 0 Å². The minimum atomic E-state index is 0.544. The average Bonchev–Trinajstić information content (AvgIpc) is 3.97. The molecule has 6 heteroatoms. The van der Waals surface area contributed by atoms with Crippen LogP contribution < -0.4 is 0 Å². The minimum absolute atomic E-state index is 0.544. The Hall–Kier alpha value is -7.83. The number of rotatable bonds is 5. The topological polar surface area (TPSA) is 78.1 Å². The molecule has 0 aliphatic heterocycles. The molecule has 266 valence electrons. The third-order valence-electron chi connectivity index (χ3n) is 10.9. The van der Waals surface area contributed by atoms with Crippen LogP contribution in [0.5, 0.6) is 0 Å². The van der Waals surface area contributed by atoms with Crippen molar-refractivity contribution in [2.24, 2.45) is 0 Å². The quantitative estimate of drug-likeness (QED) is 0.175. The second-order valence-corrected chi connectivity index (χ2v) is 14.4. The van der Waals surface area contributed by atoms with Crippen LogP contribution in [0.4, 0.5) is 0 Å². The van der Waals surface area contributed by atoms with Crippen LogP contribution in [-0.2, 0) is 0 Å². The van der Waals surface area contributed by atoms with Gasteiger partial charge in [0.05, 0.1) is 0 Å². The van der Waals surface area contributed by atoms with E-state index in [1.165, 1.54) is 0 Å². The number of fused-ring (bicyclic) bond motifs is 9. The van der Waals surface area contributed by atoms with Crippen LogP contribution in [0.25, 0.3) is 122 Å². The number of benzene rings is 8. The molecule has 0 atom stereocenters. The number of hydrogen-bond donors (Lipinski definition) is 0. The number of nitrogens with zero attached hydrogens (tertiary/aromatic N) is 3. The molecule has 12 aromatic rings. The van der Waals surface area contributed by atoms with Crippen LogP contribution in [-0.4, -0.2) is 15.0 Å². The van der Waals surface area contributed by atoms with Crippen LogP contribution in [0.1, 0.15) is 0 Å². The maximum absolute atomic E-state index is 6.51. The largest absolute Gasteiger partial charge is 0.456 e. The third kappa shape index (κ3) is 5.15. The maximum atomic E-state index is 6.51. The summed E-state index contributed by atoms with van der Waals surface area (Å²) in [5.74, 6) is 1.65. The summed E-state index contributed by atoms with van der Waals surface area (Å²) < 4.78 is 18.9. The molecule has 0 bridgehead atoms. The van der Waals surface area contributed by atoms with E-state index in [2.05, 4.69) is 97.1 Å². The van der Waals surface area contributed by atoms with Crippen molar-refractivity contribution in [2.75, 3.05) is 0 Å². The van der Waals surface area contributed by atoms with Crippen molar-refractivity contribution in [2.45, 2.75) is 0 Å². The highest BCUT2D eigenvalue weighted by molar-refractivity contribution is 6.13. The van der Waals surface area contributed by atoms with Crippen molar-refractivity contribution in [1.82, 2.24) is 15.0 Å². The monoisotopic (exact) mass is 731 g/mol. The lowest BCUT2D eigenvalue weighted by atomic mass is 9.99. The summed E-state index contributed by atoms with van der Waals surface area (Å²) in [5, 5.41) is 6.41. The van der Waals surface area contributed by atoms with E-state index in [4.69, 9.17) is 28.2 Å². The van der Waals surface area contributed by atoms with Crippen LogP contribution in [0.15, 0.2) is 189 Å². The predicted molar refractivity (Wildman–Crippen MR) is 229 cm³/mol. The molecule has 8 aromatic carbocycles. The van der Waals surface area contributed by atoms with Gasteiger partial charge in [0, 0.05) is 49.0 Å². The normalized spacial score (nSPS) is 11.9. The van der Waals surface area contributed by atoms with E-state index in [0.717, 1.165) is 105 Å². The SMILES string of the molecule is c1ccc(-c2cccc3oc4cc(-c5nc(-c6cccc(-c7ccc8oc9ccccc9c8c7)c6)nc(-c6ccc7c(c6)oc6ccccc67)n5)ccc4c23)cc1. The fourth-order valence-corrected chi connectivity index (χ4v) is 8.19. The van der Waals surface area contributed by atoms with Crippen LogP contribution in [0, 0.1) is 0 Å². The number of aromatic nitrogens is 3. The highest BCUT2D eigenvalue weighted by Crippen LogP contribution is 2.39. The van der Waals surface area contributed by atoms with Crippen molar-refractivity contribution < 1.29 is 13.3 Å². The van der Waals surface area contributed by atoms with Gasteiger partial charge in [-0.1, -0.05) is 115 Å². The van der Waals surface area contributed by atoms with Crippen molar-refractivity contribution in [3.8, 4) is 56.4 Å². The highest BCUT2D eigenvalue weighted by Gasteiger charge is 2.18. The Morgan fingerprint density at radius 1 is 0.263 bits per heavy atom. The standard InChI is InChI=1S/C51H29N3O3/c1-2-10-30(11-3-1)36-16-9-19-45-48(36)40-24-21-35(29-47(40)57-45)51-53-49(52-50(54-51)34-20-23-39-37-14-4-6-17-42(37)56-46(39)28-34)33-13-8-12-31(26-33)32-22-25-44-41(27-32)38-15-5-7-18-43(38)55-44/h1-29H. The lowest BCUT2D eigenvalue weighted by Gasteiger charge is -2.10. The molecule has 0 fully saturated rings. The minimum Gasteiger partial charge on any atom is -0.456 e. The van der Waals surface area contributed by atoms with Crippen molar-refractivity contribution in [3.05, 3.63) is 176 Å². The molecule has 0 saturated heterocycles. The fraction of sp³-hybridized carbons (Fsp3) is 0. The number of para-hydroxylation sites is 2. The van der Waals surface area contributed by atoms with Crippen molar-refractivity contribution in [3.63, 3.8) is 0 Å². The van der Waals surface area contributed by atoms with Gasteiger partial charge in [-0.2, -0.15) is 0 Å². The maximum Gasteiger partial charge on any atom is 0.164 e. The molecular formula is C51H29N3O3. The van der Waals surface area contributed by atoms with Gasteiger partial charge in [-0.3, -0.25) is 0 Å². The molecule has 0 aliphatic carbocycles. The molecule has 0 amide bonds. The molecule has 57 heavy (non-hydrogen) atoms. The van der Waals surface area contributed by atoms with E-state index < -0.39 is 0 Å². The highest BCUT2D eigenvalue weighted by atomic mass is 16.3. The molecule has 6 nitrogen and oxygen atoms in total.